The number of halogens is 2. The first-order valence-corrected chi connectivity index (χ1v) is 6.21. The largest absolute Gasteiger partial charge is 0.479 e. The van der Waals surface area contributed by atoms with Crippen LogP contribution in [-0.4, -0.2) is 28.4 Å². The maximum atomic E-state index is 11.4. The molecule has 0 radical (unpaired) electrons. The molecular weight excluding hydrogens is 277 g/mol. The molecule has 1 unspecified atom stereocenters. The summed E-state index contributed by atoms with van der Waals surface area (Å²) in [6, 6.07) is 3.68. The van der Waals surface area contributed by atoms with Crippen LogP contribution in [0.1, 0.15) is 24.4 Å². The van der Waals surface area contributed by atoms with Crippen molar-refractivity contribution < 1.29 is 14.7 Å². The average molecular weight is 288 g/mol. The van der Waals surface area contributed by atoms with Gasteiger partial charge in [-0.2, -0.15) is 0 Å². The van der Waals surface area contributed by atoms with Gasteiger partial charge in [0.2, 0.25) is 6.41 Å². The molecule has 1 atom stereocenters. The highest BCUT2D eigenvalue weighted by Gasteiger charge is 2.38. The van der Waals surface area contributed by atoms with Crippen molar-refractivity contribution in [2.45, 2.75) is 24.9 Å². The summed E-state index contributed by atoms with van der Waals surface area (Å²) in [6.07, 6.45) is 2.20. The monoisotopic (exact) mass is 287 g/mol. The van der Waals surface area contributed by atoms with Crippen LogP contribution < -0.4 is 0 Å². The molecule has 4 nitrogen and oxygen atoms in total. The molecule has 0 spiro atoms. The van der Waals surface area contributed by atoms with E-state index in [-0.39, 0.29) is 16.1 Å². The summed E-state index contributed by atoms with van der Waals surface area (Å²) in [5.41, 5.74) is 0.343. The summed E-state index contributed by atoms with van der Waals surface area (Å²) in [6.45, 7) is 0. The van der Waals surface area contributed by atoms with Crippen LogP contribution in [0.4, 0.5) is 0 Å². The molecule has 1 aromatic rings. The molecular formula is C12H11Cl2NO3. The number of carboxylic acids is 1. The Morgan fingerprint density at radius 1 is 1.44 bits per heavy atom. The Kier molecular flexibility index (Phi) is 3.78. The van der Waals surface area contributed by atoms with E-state index in [1.807, 2.05) is 0 Å². The lowest BCUT2D eigenvalue weighted by Crippen LogP contribution is -2.35. The molecule has 1 saturated carbocycles. The smallest absolute Gasteiger partial charge is 0.331 e. The molecule has 1 fully saturated rings. The third-order valence-corrected chi connectivity index (χ3v) is 3.73. The van der Waals surface area contributed by atoms with Crippen molar-refractivity contribution in [2.75, 3.05) is 0 Å². The molecule has 1 aromatic carbocycles. The number of benzene rings is 1. The minimum absolute atomic E-state index is 0.0151. The molecule has 1 aliphatic rings. The molecule has 6 heteroatoms. The van der Waals surface area contributed by atoms with Gasteiger partial charge in [-0.05, 0) is 18.9 Å². The molecule has 0 aliphatic heterocycles. The lowest BCUT2D eigenvalue weighted by atomic mass is 10.1. The number of hydrogen-bond donors (Lipinski definition) is 1. The Balaban J connectivity index is 2.43. The van der Waals surface area contributed by atoms with Gasteiger partial charge in [-0.25, -0.2) is 4.79 Å². The Morgan fingerprint density at radius 2 is 2.11 bits per heavy atom. The first-order valence-electron chi connectivity index (χ1n) is 5.45. The second-order valence-corrected chi connectivity index (χ2v) is 4.95. The van der Waals surface area contributed by atoms with Crippen LogP contribution in [0.5, 0.6) is 0 Å². The molecule has 1 amide bonds. The summed E-state index contributed by atoms with van der Waals surface area (Å²) in [5.74, 6) is -1.11. The zero-order chi connectivity index (χ0) is 13.3. The van der Waals surface area contributed by atoms with Crippen LogP contribution in [0.3, 0.4) is 0 Å². The minimum atomic E-state index is -1.11. The van der Waals surface area contributed by atoms with Gasteiger partial charge in [-0.15, -0.1) is 0 Å². The van der Waals surface area contributed by atoms with Crippen LogP contribution in [-0.2, 0) is 9.59 Å². The third-order valence-electron chi connectivity index (χ3n) is 2.90. The molecule has 18 heavy (non-hydrogen) atoms. The Labute approximate surface area is 114 Å². The quantitative estimate of drug-likeness (QED) is 0.847. The SMILES string of the molecule is O=CN(C1CC1)C(C(=O)O)c1cccc(Cl)c1Cl. The number of carbonyl (C=O) groups excluding carboxylic acids is 1. The first kappa shape index (κ1) is 13.2. The summed E-state index contributed by atoms with van der Waals surface area (Å²) in [7, 11) is 0. The van der Waals surface area contributed by atoms with Crippen molar-refractivity contribution >= 4 is 35.6 Å². The fourth-order valence-electron chi connectivity index (χ4n) is 1.88. The lowest BCUT2D eigenvalue weighted by molar-refractivity contribution is -0.147. The third kappa shape index (κ3) is 2.44. The number of rotatable bonds is 5. The van der Waals surface area contributed by atoms with Crippen molar-refractivity contribution in [1.82, 2.24) is 4.90 Å². The zero-order valence-corrected chi connectivity index (χ0v) is 10.9. The van der Waals surface area contributed by atoms with E-state index < -0.39 is 12.0 Å². The van der Waals surface area contributed by atoms with Crippen LogP contribution in [0.15, 0.2) is 18.2 Å². The normalized spacial score (nSPS) is 16.1. The molecule has 96 valence electrons. The van der Waals surface area contributed by atoms with Gasteiger partial charge in [0.15, 0.2) is 6.04 Å². The fraction of sp³-hybridized carbons (Fsp3) is 0.333. The lowest BCUT2D eigenvalue weighted by Gasteiger charge is -2.26. The molecule has 1 aliphatic carbocycles. The van der Waals surface area contributed by atoms with Crippen molar-refractivity contribution in [1.29, 1.82) is 0 Å². The van der Waals surface area contributed by atoms with E-state index in [1.165, 1.54) is 4.90 Å². The van der Waals surface area contributed by atoms with Crippen molar-refractivity contribution in [3.63, 3.8) is 0 Å². The second kappa shape index (κ2) is 5.16. The van der Waals surface area contributed by atoms with Crippen LogP contribution in [0, 0.1) is 0 Å². The topological polar surface area (TPSA) is 57.6 Å². The number of carboxylic acid groups (broad SMARTS) is 1. The minimum Gasteiger partial charge on any atom is -0.479 e. The van der Waals surface area contributed by atoms with Gasteiger partial charge in [0.1, 0.15) is 0 Å². The standard InChI is InChI=1S/C12H11Cl2NO3/c13-9-3-1-2-8(10(9)14)11(12(17)18)15(6-16)7-4-5-7/h1-3,6-7,11H,4-5H2,(H,17,18). The van der Waals surface area contributed by atoms with Crippen LogP contribution >= 0.6 is 23.2 Å². The molecule has 0 aromatic heterocycles. The first-order chi connectivity index (χ1) is 8.56. The van der Waals surface area contributed by atoms with E-state index in [2.05, 4.69) is 0 Å². The van der Waals surface area contributed by atoms with E-state index in [4.69, 9.17) is 23.2 Å². The second-order valence-electron chi connectivity index (χ2n) is 4.17. The maximum absolute atomic E-state index is 11.4. The number of amides is 1. The Morgan fingerprint density at radius 3 is 2.61 bits per heavy atom. The fourth-order valence-corrected chi connectivity index (χ4v) is 2.29. The van der Waals surface area contributed by atoms with Crippen molar-refractivity contribution in [3.8, 4) is 0 Å². The van der Waals surface area contributed by atoms with Gasteiger partial charge in [0, 0.05) is 11.6 Å². The van der Waals surface area contributed by atoms with E-state index in [1.54, 1.807) is 18.2 Å². The van der Waals surface area contributed by atoms with Crippen molar-refractivity contribution in [2.24, 2.45) is 0 Å². The van der Waals surface area contributed by atoms with Gasteiger partial charge < -0.3 is 10.0 Å². The van der Waals surface area contributed by atoms with E-state index >= 15 is 0 Å². The summed E-state index contributed by atoms with van der Waals surface area (Å²) in [4.78, 5) is 23.8. The summed E-state index contributed by atoms with van der Waals surface area (Å²) >= 11 is 11.9. The number of carbonyl (C=O) groups is 2. The Bertz CT molecular complexity index is 488. The van der Waals surface area contributed by atoms with Crippen LogP contribution in [0.25, 0.3) is 0 Å². The molecule has 2 rings (SSSR count). The molecule has 0 saturated heterocycles. The number of hydrogen-bond acceptors (Lipinski definition) is 2. The molecule has 0 heterocycles. The molecule has 0 bridgehead atoms. The van der Waals surface area contributed by atoms with E-state index in [0.29, 0.717) is 12.0 Å². The Hall–Kier alpha value is -1.26. The van der Waals surface area contributed by atoms with Gasteiger partial charge >= 0.3 is 5.97 Å². The summed E-state index contributed by atoms with van der Waals surface area (Å²) in [5, 5.41) is 9.78. The number of aliphatic carboxylic acids is 1. The van der Waals surface area contributed by atoms with Gasteiger partial charge in [-0.3, -0.25) is 4.79 Å². The van der Waals surface area contributed by atoms with Crippen molar-refractivity contribution in [3.05, 3.63) is 33.8 Å². The molecule has 1 N–H and O–H groups in total. The highest BCUT2D eigenvalue weighted by molar-refractivity contribution is 6.42. The van der Waals surface area contributed by atoms with E-state index in [9.17, 15) is 14.7 Å². The number of nitrogens with zero attached hydrogens (tertiary/aromatic N) is 1. The van der Waals surface area contributed by atoms with E-state index in [0.717, 1.165) is 12.8 Å². The predicted molar refractivity (Wildman–Crippen MR) is 67.8 cm³/mol. The maximum Gasteiger partial charge on any atom is 0.331 e. The average Bonchev–Trinajstić information content (AvgIpc) is 3.14. The summed E-state index contributed by atoms with van der Waals surface area (Å²) < 4.78 is 0. The van der Waals surface area contributed by atoms with Gasteiger partial charge in [0.05, 0.1) is 10.0 Å². The zero-order valence-electron chi connectivity index (χ0n) is 9.35. The van der Waals surface area contributed by atoms with Gasteiger partial charge in [0.25, 0.3) is 0 Å². The van der Waals surface area contributed by atoms with Gasteiger partial charge in [-0.1, -0.05) is 35.3 Å². The predicted octanol–water partition coefficient (Wildman–Crippen LogP) is 2.74. The highest BCUT2D eigenvalue weighted by Crippen LogP contribution is 2.37. The highest BCUT2D eigenvalue weighted by atomic mass is 35.5. The van der Waals surface area contributed by atoms with Crippen LogP contribution in [0.2, 0.25) is 10.0 Å².